The maximum Gasteiger partial charge on any atom is 0.262 e. The minimum Gasteiger partial charge on any atom is -0.489 e. The first kappa shape index (κ1) is 21.6. The number of carbonyl (C=O) groups excluding carboxylic acids is 1. The number of benzene rings is 3. The van der Waals surface area contributed by atoms with Crippen molar-refractivity contribution in [3.63, 3.8) is 0 Å². The van der Waals surface area contributed by atoms with Crippen molar-refractivity contribution in [3.8, 4) is 22.8 Å². The molecular formula is C27H21N3O3S. The lowest BCUT2D eigenvalue weighted by molar-refractivity contribution is -0.118. The summed E-state index contributed by atoms with van der Waals surface area (Å²) in [6, 6.07) is 27.2. The van der Waals surface area contributed by atoms with Crippen molar-refractivity contribution in [2.75, 3.05) is 11.9 Å². The number of amides is 1. The molecule has 5 aromatic rings. The molecule has 0 saturated carbocycles. The predicted octanol–water partition coefficient (Wildman–Crippen LogP) is 5.95. The smallest absolute Gasteiger partial charge is 0.262 e. The Morgan fingerprint density at radius 3 is 2.35 bits per heavy atom. The first-order valence-electron chi connectivity index (χ1n) is 10.7. The number of carbonyl (C=O) groups is 1. The second kappa shape index (κ2) is 10.1. The first-order valence-corrected chi connectivity index (χ1v) is 11.6. The molecule has 0 radical (unpaired) electrons. The molecule has 34 heavy (non-hydrogen) atoms. The molecule has 6 nitrogen and oxygen atoms in total. The highest BCUT2D eigenvalue weighted by Gasteiger charge is 2.15. The fourth-order valence-corrected chi connectivity index (χ4v) is 4.40. The summed E-state index contributed by atoms with van der Waals surface area (Å²) in [6.45, 7) is 0.323. The van der Waals surface area contributed by atoms with Gasteiger partial charge in [0.05, 0.1) is 5.39 Å². The van der Waals surface area contributed by atoms with Crippen LogP contribution in [0, 0.1) is 0 Å². The van der Waals surface area contributed by atoms with E-state index in [1.54, 1.807) is 12.1 Å². The Kier molecular flexibility index (Phi) is 6.45. The number of thiophene rings is 1. The minimum atomic E-state index is -0.277. The molecule has 0 bridgehead atoms. The zero-order valence-electron chi connectivity index (χ0n) is 18.2. The van der Waals surface area contributed by atoms with Crippen molar-refractivity contribution in [1.82, 2.24) is 9.97 Å². The lowest BCUT2D eigenvalue weighted by Gasteiger charge is -2.10. The molecule has 0 fully saturated rings. The average molecular weight is 468 g/mol. The number of ether oxygens (including phenoxy) is 2. The summed E-state index contributed by atoms with van der Waals surface area (Å²) in [6.07, 6.45) is 1.45. The molecule has 1 amide bonds. The van der Waals surface area contributed by atoms with Crippen LogP contribution in [0.25, 0.3) is 21.3 Å². The topological polar surface area (TPSA) is 73.3 Å². The van der Waals surface area contributed by atoms with Gasteiger partial charge in [-0.1, -0.05) is 60.7 Å². The van der Waals surface area contributed by atoms with Crippen LogP contribution < -0.4 is 14.8 Å². The Balaban J connectivity index is 1.21. The van der Waals surface area contributed by atoms with Gasteiger partial charge in [0.1, 0.15) is 23.5 Å². The molecule has 168 valence electrons. The summed E-state index contributed by atoms with van der Waals surface area (Å²) in [5, 5.41) is 5.68. The lowest BCUT2D eigenvalue weighted by Crippen LogP contribution is -2.20. The quantitative estimate of drug-likeness (QED) is 0.305. The minimum absolute atomic E-state index is 0.164. The summed E-state index contributed by atoms with van der Waals surface area (Å²) in [7, 11) is 0. The Bertz CT molecular complexity index is 1390. The van der Waals surface area contributed by atoms with E-state index in [2.05, 4.69) is 15.3 Å². The van der Waals surface area contributed by atoms with E-state index in [9.17, 15) is 4.79 Å². The third kappa shape index (κ3) is 5.05. The van der Waals surface area contributed by atoms with E-state index in [1.165, 1.54) is 17.7 Å². The molecule has 1 N–H and O–H groups in total. The number of anilines is 1. The van der Waals surface area contributed by atoms with Crippen molar-refractivity contribution in [2.24, 2.45) is 0 Å². The van der Waals surface area contributed by atoms with Gasteiger partial charge in [-0.2, -0.15) is 0 Å². The lowest BCUT2D eigenvalue weighted by atomic mass is 10.1. The van der Waals surface area contributed by atoms with Gasteiger partial charge in [-0.05, 0) is 35.4 Å². The molecule has 7 heteroatoms. The van der Waals surface area contributed by atoms with Crippen LogP contribution in [0.5, 0.6) is 11.6 Å². The van der Waals surface area contributed by atoms with Gasteiger partial charge in [-0.15, -0.1) is 11.3 Å². The molecule has 0 aliphatic rings. The zero-order chi connectivity index (χ0) is 23.2. The predicted molar refractivity (Wildman–Crippen MR) is 134 cm³/mol. The van der Waals surface area contributed by atoms with Crippen molar-refractivity contribution in [3.05, 3.63) is 102 Å². The second-order valence-electron chi connectivity index (χ2n) is 7.51. The van der Waals surface area contributed by atoms with Gasteiger partial charge >= 0.3 is 0 Å². The molecule has 5 rings (SSSR count). The number of nitrogens with one attached hydrogen (secondary N) is 1. The summed E-state index contributed by atoms with van der Waals surface area (Å²) in [4.78, 5) is 21.9. The van der Waals surface area contributed by atoms with E-state index >= 15 is 0 Å². The van der Waals surface area contributed by atoms with Crippen LogP contribution >= 0.6 is 11.3 Å². The summed E-state index contributed by atoms with van der Waals surface area (Å²) < 4.78 is 11.6. The Morgan fingerprint density at radius 1 is 0.853 bits per heavy atom. The number of nitrogens with zero attached hydrogens (tertiary/aromatic N) is 2. The molecule has 0 spiro atoms. The fraction of sp³-hybridized carbons (Fsp3) is 0.0741. The normalized spacial score (nSPS) is 10.7. The average Bonchev–Trinajstić information content (AvgIpc) is 3.33. The standard InChI is InChI=1S/C27H21N3O3S/c31-24(30-21-11-13-22(14-12-21)32-15-19-7-3-1-4-8-19)16-33-26-25-23(20-9-5-2-6-10-20)17-34-27(25)29-18-28-26/h1-14,17-18H,15-16H2,(H,30,31). The van der Waals surface area contributed by atoms with Crippen molar-refractivity contribution in [2.45, 2.75) is 6.61 Å². The van der Waals surface area contributed by atoms with Crippen molar-refractivity contribution < 1.29 is 14.3 Å². The van der Waals surface area contributed by atoms with Crippen LogP contribution in [-0.2, 0) is 11.4 Å². The zero-order valence-corrected chi connectivity index (χ0v) is 19.0. The largest absolute Gasteiger partial charge is 0.489 e. The van der Waals surface area contributed by atoms with Crippen molar-refractivity contribution >= 4 is 33.1 Å². The van der Waals surface area contributed by atoms with Gasteiger partial charge in [-0.25, -0.2) is 9.97 Å². The molecule has 0 aliphatic heterocycles. The van der Waals surface area contributed by atoms with Gasteiger partial charge in [0, 0.05) is 16.6 Å². The van der Waals surface area contributed by atoms with E-state index < -0.39 is 0 Å². The fourth-order valence-electron chi connectivity index (χ4n) is 3.49. The molecule has 0 atom stereocenters. The van der Waals surface area contributed by atoms with Crippen LogP contribution in [0.15, 0.2) is 96.6 Å². The highest BCUT2D eigenvalue weighted by Crippen LogP contribution is 2.37. The van der Waals surface area contributed by atoms with E-state index in [-0.39, 0.29) is 12.5 Å². The maximum atomic E-state index is 12.5. The Hall–Kier alpha value is -4.23. The highest BCUT2D eigenvalue weighted by molar-refractivity contribution is 7.17. The van der Waals surface area contributed by atoms with Crippen LogP contribution in [-0.4, -0.2) is 22.5 Å². The van der Waals surface area contributed by atoms with E-state index in [0.717, 1.165) is 32.7 Å². The third-order valence-corrected chi connectivity index (χ3v) is 6.03. The monoisotopic (exact) mass is 467 g/mol. The summed E-state index contributed by atoms with van der Waals surface area (Å²) >= 11 is 1.52. The van der Waals surface area contributed by atoms with Crippen LogP contribution in [0.1, 0.15) is 5.56 Å². The Morgan fingerprint density at radius 2 is 1.59 bits per heavy atom. The molecule has 0 aliphatic carbocycles. The van der Waals surface area contributed by atoms with Gasteiger partial charge in [-0.3, -0.25) is 4.79 Å². The van der Waals surface area contributed by atoms with Crippen LogP contribution in [0.2, 0.25) is 0 Å². The third-order valence-electron chi connectivity index (χ3n) is 5.15. The second-order valence-corrected chi connectivity index (χ2v) is 8.37. The molecule has 2 heterocycles. The first-order chi connectivity index (χ1) is 16.8. The summed E-state index contributed by atoms with van der Waals surface area (Å²) in [5.41, 5.74) is 3.79. The number of fused-ring (bicyclic) bond motifs is 1. The van der Waals surface area contributed by atoms with Gasteiger partial charge < -0.3 is 14.8 Å². The Labute approximate surface area is 200 Å². The number of hydrogen-bond acceptors (Lipinski definition) is 6. The van der Waals surface area contributed by atoms with Gasteiger partial charge in [0.2, 0.25) is 5.88 Å². The summed E-state index contributed by atoms with van der Waals surface area (Å²) in [5.74, 6) is 0.846. The van der Waals surface area contributed by atoms with Crippen molar-refractivity contribution in [1.29, 1.82) is 0 Å². The number of aromatic nitrogens is 2. The van der Waals surface area contributed by atoms with Gasteiger partial charge in [0.15, 0.2) is 6.61 Å². The highest BCUT2D eigenvalue weighted by atomic mass is 32.1. The molecular weight excluding hydrogens is 446 g/mol. The van der Waals surface area contributed by atoms with E-state index in [4.69, 9.17) is 9.47 Å². The van der Waals surface area contributed by atoms with Crippen LogP contribution in [0.4, 0.5) is 5.69 Å². The van der Waals surface area contributed by atoms with E-state index in [0.29, 0.717) is 18.2 Å². The molecule has 0 saturated heterocycles. The maximum absolute atomic E-state index is 12.5. The molecule has 2 aromatic heterocycles. The SMILES string of the molecule is O=C(COc1ncnc2scc(-c3ccccc3)c12)Nc1ccc(OCc2ccccc2)cc1. The molecule has 0 unspecified atom stereocenters. The number of hydrogen-bond donors (Lipinski definition) is 1. The molecule has 3 aromatic carbocycles. The van der Waals surface area contributed by atoms with Crippen LogP contribution in [0.3, 0.4) is 0 Å². The van der Waals surface area contributed by atoms with Gasteiger partial charge in [0.25, 0.3) is 5.91 Å². The number of rotatable bonds is 8. The van der Waals surface area contributed by atoms with E-state index in [1.807, 2.05) is 78.2 Å².